The van der Waals surface area contributed by atoms with E-state index in [0.29, 0.717) is 5.92 Å². The number of hydrogen-bond acceptors (Lipinski definition) is 2. The van der Waals surface area contributed by atoms with Crippen molar-refractivity contribution in [1.82, 2.24) is 0 Å². The highest BCUT2D eigenvalue weighted by molar-refractivity contribution is 5.85. The van der Waals surface area contributed by atoms with Gasteiger partial charge in [0, 0.05) is 11.6 Å². The second-order valence-corrected chi connectivity index (χ2v) is 4.32. The topological polar surface area (TPSA) is 35.2 Å². The number of hydrogen-bond donors (Lipinski definition) is 1. The zero-order valence-corrected chi connectivity index (χ0v) is 11.1. The predicted octanol–water partition coefficient (Wildman–Crippen LogP) is 3.55. The highest BCUT2D eigenvalue weighted by atomic mass is 35.5. The summed E-state index contributed by atoms with van der Waals surface area (Å²) in [7, 11) is 1.69. The van der Waals surface area contributed by atoms with Crippen molar-refractivity contribution in [3.63, 3.8) is 0 Å². The van der Waals surface area contributed by atoms with Crippen molar-refractivity contribution in [3.8, 4) is 5.75 Å². The number of benzene rings is 1. The third kappa shape index (κ3) is 4.42. The van der Waals surface area contributed by atoms with E-state index in [-0.39, 0.29) is 18.4 Å². The van der Waals surface area contributed by atoms with Crippen LogP contribution in [-0.4, -0.2) is 7.11 Å². The minimum atomic E-state index is 0. The zero-order chi connectivity index (χ0) is 11.3. The number of rotatable bonds is 5. The minimum absolute atomic E-state index is 0. The van der Waals surface area contributed by atoms with Crippen LogP contribution in [0.25, 0.3) is 0 Å². The number of nitrogens with two attached hydrogens (primary N) is 1. The molecule has 0 heterocycles. The number of para-hydroxylation sites is 1. The normalized spacial score (nSPS) is 12.1. The van der Waals surface area contributed by atoms with Crippen molar-refractivity contribution in [2.75, 3.05) is 7.11 Å². The van der Waals surface area contributed by atoms with Gasteiger partial charge >= 0.3 is 0 Å². The molecule has 0 aliphatic heterocycles. The summed E-state index contributed by atoms with van der Waals surface area (Å²) in [6.07, 6.45) is 2.16. The molecule has 92 valence electrons. The Hall–Kier alpha value is -0.730. The van der Waals surface area contributed by atoms with Gasteiger partial charge in [-0.2, -0.15) is 0 Å². The average molecular weight is 244 g/mol. The fourth-order valence-electron chi connectivity index (χ4n) is 1.64. The number of methoxy groups -OCH3 is 1. The Labute approximate surface area is 105 Å². The molecule has 0 aliphatic carbocycles. The summed E-state index contributed by atoms with van der Waals surface area (Å²) in [6, 6.07) is 8.07. The third-order valence-corrected chi connectivity index (χ3v) is 2.59. The first-order valence-corrected chi connectivity index (χ1v) is 5.53. The van der Waals surface area contributed by atoms with Gasteiger partial charge in [-0.05, 0) is 24.8 Å². The smallest absolute Gasteiger partial charge is 0.123 e. The maximum Gasteiger partial charge on any atom is 0.123 e. The monoisotopic (exact) mass is 243 g/mol. The lowest BCUT2D eigenvalue weighted by Crippen LogP contribution is -2.12. The van der Waals surface area contributed by atoms with Crippen molar-refractivity contribution in [2.24, 2.45) is 11.7 Å². The predicted molar refractivity (Wildman–Crippen MR) is 71.2 cm³/mol. The summed E-state index contributed by atoms with van der Waals surface area (Å²) in [5, 5.41) is 0. The molecule has 0 radical (unpaired) electrons. The molecule has 3 heteroatoms. The first kappa shape index (κ1) is 15.3. The summed E-state index contributed by atoms with van der Waals surface area (Å²) in [5.41, 5.74) is 7.25. The van der Waals surface area contributed by atoms with Gasteiger partial charge in [0.05, 0.1) is 7.11 Å². The zero-order valence-electron chi connectivity index (χ0n) is 10.3. The molecule has 1 atom stereocenters. The Morgan fingerprint density at radius 3 is 2.38 bits per heavy atom. The van der Waals surface area contributed by atoms with Crippen LogP contribution in [0.4, 0.5) is 0 Å². The Morgan fingerprint density at radius 2 is 1.81 bits per heavy atom. The van der Waals surface area contributed by atoms with Gasteiger partial charge in [0.1, 0.15) is 5.75 Å². The molecule has 1 aromatic carbocycles. The second kappa shape index (κ2) is 7.53. The summed E-state index contributed by atoms with van der Waals surface area (Å²) >= 11 is 0. The van der Waals surface area contributed by atoms with Crippen LogP contribution >= 0.6 is 12.4 Å². The number of ether oxygens (including phenoxy) is 1. The van der Waals surface area contributed by atoms with Crippen LogP contribution in [-0.2, 0) is 0 Å². The minimum Gasteiger partial charge on any atom is -0.496 e. The summed E-state index contributed by atoms with van der Waals surface area (Å²) in [6.45, 7) is 4.43. The Kier molecular flexibility index (Phi) is 7.18. The molecule has 0 saturated heterocycles. The van der Waals surface area contributed by atoms with Crippen LogP contribution in [0.2, 0.25) is 0 Å². The summed E-state index contributed by atoms with van der Waals surface area (Å²) in [4.78, 5) is 0. The number of halogens is 1. The van der Waals surface area contributed by atoms with Gasteiger partial charge in [-0.1, -0.05) is 32.0 Å². The van der Waals surface area contributed by atoms with Crippen LogP contribution in [0.1, 0.15) is 38.3 Å². The van der Waals surface area contributed by atoms with Gasteiger partial charge in [-0.3, -0.25) is 0 Å². The highest BCUT2D eigenvalue weighted by Crippen LogP contribution is 2.26. The van der Waals surface area contributed by atoms with Crippen LogP contribution in [0, 0.1) is 5.92 Å². The maximum atomic E-state index is 6.14. The Bertz CT molecular complexity index is 302. The molecule has 2 N–H and O–H groups in total. The molecular weight excluding hydrogens is 222 g/mol. The van der Waals surface area contributed by atoms with Gasteiger partial charge < -0.3 is 10.5 Å². The van der Waals surface area contributed by atoms with Crippen molar-refractivity contribution >= 4 is 12.4 Å². The third-order valence-electron chi connectivity index (χ3n) is 2.59. The molecule has 1 aromatic rings. The van der Waals surface area contributed by atoms with Gasteiger partial charge in [-0.15, -0.1) is 12.4 Å². The van der Waals surface area contributed by atoms with Crippen LogP contribution < -0.4 is 10.5 Å². The Balaban J connectivity index is 0.00000225. The van der Waals surface area contributed by atoms with Gasteiger partial charge in [0.15, 0.2) is 0 Å². The van der Waals surface area contributed by atoms with Crippen LogP contribution in [0.3, 0.4) is 0 Å². The highest BCUT2D eigenvalue weighted by Gasteiger charge is 2.11. The van der Waals surface area contributed by atoms with E-state index in [9.17, 15) is 0 Å². The van der Waals surface area contributed by atoms with Crippen molar-refractivity contribution in [1.29, 1.82) is 0 Å². The molecule has 0 amide bonds. The fraction of sp³-hybridized carbons (Fsp3) is 0.538. The average Bonchev–Trinajstić information content (AvgIpc) is 2.25. The standard InChI is InChI=1S/C13H21NO.ClH/c1-10(2)8-9-12(14)11-6-4-5-7-13(11)15-3;/h4-7,10,12H,8-9,14H2,1-3H3;1H. The second-order valence-electron chi connectivity index (χ2n) is 4.32. The van der Waals surface area contributed by atoms with Crippen molar-refractivity contribution in [2.45, 2.75) is 32.7 Å². The molecule has 1 unspecified atom stereocenters. The lowest BCUT2D eigenvalue weighted by atomic mass is 9.98. The van der Waals surface area contributed by atoms with E-state index in [4.69, 9.17) is 10.5 Å². The lowest BCUT2D eigenvalue weighted by Gasteiger charge is -2.16. The molecule has 0 spiro atoms. The summed E-state index contributed by atoms with van der Waals surface area (Å²) in [5.74, 6) is 1.60. The first-order valence-electron chi connectivity index (χ1n) is 5.53. The van der Waals surface area contributed by atoms with E-state index >= 15 is 0 Å². The molecular formula is C13H22ClNO. The van der Waals surface area contributed by atoms with E-state index in [2.05, 4.69) is 13.8 Å². The van der Waals surface area contributed by atoms with Crippen LogP contribution in [0.5, 0.6) is 5.75 Å². The van der Waals surface area contributed by atoms with E-state index in [1.165, 1.54) is 0 Å². The molecule has 0 fully saturated rings. The SMILES string of the molecule is COc1ccccc1C(N)CCC(C)C.Cl. The molecule has 0 bridgehead atoms. The van der Waals surface area contributed by atoms with Gasteiger partial charge in [-0.25, -0.2) is 0 Å². The van der Waals surface area contributed by atoms with E-state index in [0.717, 1.165) is 24.2 Å². The molecule has 16 heavy (non-hydrogen) atoms. The van der Waals surface area contributed by atoms with E-state index in [1.54, 1.807) is 7.11 Å². The quantitative estimate of drug-likeness (QED) is 0.859. The molecule has 0 aromatic heterocycles. The Morgan fingerprint density at radius 1 is 1.19 bits per heavy atom. The fourth-order valence-corrected chi connectivity index (χ4v) is 1.64. The van der Waals surface area contributed by atoms with E-state index < -0.39 is 0 Å². The van der Waals surface area contributed by atoms with Crippen molar-refractivity contribution in [3.05, 3.63) is 29.8 Å². The largest absolute Gasteiger partial charge is 0.496 e. The molecule has 0 aliphatic rings. The molecule has 1 rings (SSSR count). The van der Waals surface area contributed by atoms with Gasteiger partial charge in [0.25, 0.3) is 0 Å². The van der Waals surface area contributed by atoms with Crippen LogP contribution in [0.15, 0.2) is 24.3 Å². The van der Waals surface area contributed by atoms with Gasteiger partial charge in [0.2, 0.25) is 0 Å². The maximum absolute atomic E-state index is 6.14. The first-order chi connectivity index (χ1) is 7.15. The van der Waals surface area contributed by atoms with Crippen molar-refractivity contribution < 1.29 is 4.74 Å². The molecule has 2 nitrogen and oxygen atoms in total. The summed E-state index contributed by atoms with van der Waals surface area (Å²) < 4.78 is 5.29. The lowest BCUT2D eigenvalue weighted by molar-refractivity contribution is 0.401. The molecule has 0 saturated carbocycles. The van der Waals surface area contributed by atoms with E-state index in [1.807, 2.05) is 24.3 Å².